The Balaban J connectivity index is 0. The average Bonchev–Trinajstić information content (AvgIpc) is 1.60. The molecular weight excluding hydrogens is 162 g/mol. The maximum atomic E-state index is 10.8. The lowest BCUT2D eigenvalue weighted by Crippen LogP contribution is -2.45. The van der Waals surface area contributed by atoms with Crippen molar-refractivity contribution in [3.05, 3.63) is 0 Å². The summed E-state index contributed by atoms with van der Waals surface area (Å²) in [5, 5.41) is 3.17. The summed E-state index contributed by atoms with van der Waals surface area (Å²) in [6, 6.07) is -0.0278. The molecule has 0 radical (unpaired) electrons. The van der Waals surface area contributed by atoms with Gasteiger partial charge in [0.05, 0.1) is 6.04 Å². The molecule has 3 heteroatoms. The van der Waals surface area contributed by atoms with E-state index in [1.54, 1.807) is 6.92 Å². The maximum absolute atomic E-state index is 10.8. The van der Waals surface area contributed by atoms with Gasteiger partial charge in [0.1, 0.15) is 5.78 Å². The number of ketones is 1. The zero-order valence-electron chi connectivity index (χ0n) is 7.89. The molecule has 1 N–H and O–H groups in total. The molecule has 0 aliphatic carbocycles. The molecule has 1 atom stereocenters. The third kappa shape index (κ3) is 7.82. The summed E-state index contributed by atoms with van der Waals surface area (Å²) in [4.78, 5) is 10.8. The molecule has 0 saturated carbocycles. The van der Waals surface area contributed by atoms with Crippen LogP contribution in [0, 0.1) is 0 Å². The Labute approximate surface area is 75.2 Å². The van der Waals surface area contributed by atoms with Crippen LogP contribution in [-0.2, 0) is 4.79 Å². The van der Waals surface area contributed by atoms with Gasteiger partial charge in [0.2, 0.25) is 0 Å². The second kappa shape index (κ2) is 4.73. The minimum absolute atomic E-state index is 0. The Morgan fingerprint density at radius 3 is 1.82 bits per heavy atom. The van der Waals surface area contributed by atoms with Crippen LogP contribution >= 0.6 is 12.4 Å². The van der Waals surface area contributed by atoms with Gasteiger partial charge in [-0.15, -0.1) is 12.4 Å². The summed E-state index contributed by atoms with van der Waals surface area (Å²) in [7, 11) is 0. The summed E-state index contributed by atoms with van der Waals surface area (Å²) >= 11 is 0. The first-order chi connectivity index (χ1) is 4.33. The van der Waals surface area contributed by atoms with Gasteiger partial charge in [-0.1, -0.05) is 0 Å². The molecule has 68 valence electrons. The Hall–Kier alpha value is -0.0800. The molecule has 0 aliphatic heterocycles. The van der Waals surface area contributed by atoms with Crippen molar-refractivity contribution in [2.75, 3.05) is 0 Å². The van der Waals surface area contributed by atoms with Crippen LogP contribution in [0.25, 0.3) is 0 Å². The standard InChI is InChI=1S/C8H17NO.ClH/c1-6(7(2)10)9-8(3,4)5;/h6,9H,1-5H3;1H. The molecule has 0 spiro atoms. The SMILES string of the molecule is CC(=O)C(C)NC(C)(C)C.Cl. The topological polar surface area (TPSA) is 29.1 Å². The normalized spacial score (nSPS) is 13.5. The Kier molecular flexibility index (Phi) is 5.81. The molecule has 0 aromatic heterocycles. The van der Waals surface area contributed by atoms with Crippen LogP contribution in [0.4, 0.5) is 0 Å². The van der Waals surface area contributed by atoms with Gasteiger partial charge >= 0.3 is 0 Å². The number of halogens is 1. The zero-order chi connectivity index (χ0) is 8.36. The summed E-state index contributed by atoms with van der Waals surface area (Å²) in [6.45, 7) is 9.63. The van der Waals surface area contributed by atoms with Gasteiger partial charge in [-0.25, -0.2) is 0 Å². The van der Waals surface area contributed by atoms with Crippen LogP contribution < -0.4 is 5.32 Å². The molecule has 0 amide bonds. The highest BCUT2D eigenvalue weighted by molar-refractivity contribution is 5.85. The average molecular weight is 180 g/mol. The lowest BCUT2D eigenvalue weighted by Gasteiger charge is -2.24. The number of carbonyl (C=O) groups excluding carboxylic acids is 1. The van der Waals surface area contributed by atoms with E-state index < -0.39 is 0 Å². The second-order valence-electron chi connectivity index (χ2n) is 3.73. The molecule has 0 aromatic carbocycles. The highest BCUT2D eigenvalue weighted by atomic mass is 35.5. The van der Waals surface area contributed by atoms with Gasteiger partial charge in [0.15, 0.2) is 0 Å². The summed E-state index contributed by atoms with van der Waals surface area (Å²) in [5.74, 6) is 0.190. The van der Waals surface area contributed by atoms with Gasteiger partial charge in [-0.3, -0.25) is 4.79 Å². The number of carbonyl (C=O) groups is 1. The molecule has 0 saturated heterocycles. The van der Waals surface area contributed by atoms with Gasteiger partial charge < -0.3 is 5.32 Å². The van der Waals surface area contributed by atoms with E-state index >= 15 is 0 Å². The molecule has 1 unspecified atom stereocenters. The van der Waals surface area contributed by atoms with Crippen LogP contribution in [0.2, 0.25) is 0 Å². The predicted molar refractivity (Wildman–Crippen MR) is 50.3 cm³/mol. The van der Waals surface area contributed by atoms with Gasteiger partial charge in [0.25, 0.3) is 0 Å². The quantitative estimate of drug-likeness (QED) is 0.700. The number of rotatable bonds is 2. The summed E-state index contributed by atoms with van der Waals surface area (Å²) < 4.78 is 0. The van der Waals surface area contributed by atoms with E-state index in [4.69, 9.17) is 0 Å². The lowest BCUT2D eigenvalue weighted by atomic mass is 10.1. The molecule has 11 heavy (non-hydrogen) atoms. The first-order valence-corrected chi connectivity index (χ1v) is 3.61. The fourth-order valence-electron chi connectivity index (χ4n) is 0.751. The van der Waals surface area contributed by atoms with Gasteiger partial charge in [0, 0.05) is 5.54 Å². The second-order valence-corrected chi connectivity index (χ2v) is 3.73. The molecule has 0 rings (SSSR count). The van der Waals surface area contributed by atoms with E-state index in [9.17, 15) is 4.79 Å². The van der Waals surface area contributed by atoms with Crippen LogP contribution in [0.1, 0.15) is 34.6 Å². The Morgan fingerprint density at radius 1 is 1.36 bits per heavy atom. The maximum Gasteiger partial charge on any atom is 0.146 e. The van der Waals surface area contributed by atoms with E-state index in [2.05, 4.69) is 5.32 Å². The summed E-state index contributed by atoms with van der Waals surface area (Å²) in [6.07, 6.45) is 0. The van der Waals surface area contributed by atoms with Gasteiger partial charge in [-0.05, 0) is 34.6 Å². The first-order valence-electron chi connectivity index (χ1n) is 3.61. The van der Waals surface area contributed by atoms with Gasteiger partial charge in [-0.2, -0.15) is 0 Å². The first kappa shape index (κ1) is 13.5. The van der Waals surface area contributed by atoms with Crippen molar-refractivity contribution in [1.82, 2.24) is 5.32 Å². The highest BCUT2D eigenvalue weighted by Crippen LogP contribution is 2.00. The predicted octanol–water partition coefficient (Wildman–Crippen LogP) is 1.77. The zero-order valence-corrected chi connectivity index (χ0v) is 8.71. The molecule has 0 aromatic rings. The highest BCUT2D eigenvalue weighted by Gasteiger charge is 2.15. The largest absolute Gasteiger partial charge is 0.303 e. The monoisotopic (exact) mass is 179 g/mol. The van der Waals surface area contributed by atoms with Crippen LogP contribution in [0.5, 0.6) is 0 Å². The van der Waals surface area contributed by atoms with E-state index in [1.165, 1.54) is 0 Å². The van der Waals surface area contributed by atoms with Crippen molar-refractivity contribution in [1.29, 1.82) is 0 Å². The number of Topliss-reactive ketones (excluding diaryl/α,β-unsaturated/α-hetero) is 1. The Bertz CT molecular complexity index is 129. The molecular formula is C8H18ClNO. The van der Waals surface area contributed by atoms with Crippen molar-refractivity contribution in [3.63, 3.8) is 0 Å². The Morgan fingerprint density at radius 2 is 1.73 bits per heavy atom. The number of hydrogen-bond acceptors (Lipinski definition) is 2. The minimum Gasteiger partial charge on any atom is -0.303 e. The van der Waals surface area contributed by atoms with Crippen LogP contribution in [0.15, 0.2) is 0 Å². The minimum atomic E-state index is -0.0278. The van der Waals surface area contributed by atoms with E-state index in [0.29, 0.717) is 0 Å². The van der Waals surface area contributed by atoms with Crippen molar-refractivity contribution in [2.45, 2.75) is 46.2 Å². The third-order valence-corrected chi connectivity index (χ3v) is 1.26. The van der Waals surface area contributed by atoms with Crippen molar-refractivity contribution in [2.24, 2.45) is 0 Å². The third-order valence-electron chi connectivity index (χ3n) is 1.26. The molecule has 0 bridgehead atoms. The van der Waals surface area contributed by atoms with E-state index in [-0.39, 0.29) is 29.8 Å². The molecule has 2 nitrogen and oxygen atoms in total. The fraction of sp³-hybridized carbons (Fsp3) is 0.875. The lowest BCUT2D eigenvalue weighted by molar-refractivity contribution is -0.119. The molecule has 0 fully saturated rings. The van der Waals surface area contributed by atoms with Crippen molar-refractivity contribution < 1.29 is 4.79 Å². The van der Waals surface area contributed by atoms with E-state index in [0.717, 1.165) is 0 Å². The fourth-order valence-corrected chi connectivity index (χ4v) is 0.751. The smallest absolute Gasteiger partial charge is 0.146 e. The number of nitrogens with one attached hydrogen (secondary N) is 1. The van der Waals surface area contributed by atoms with E-state index in [1.807, 2.05) is 27.7 Å². The molecule has 0 aliphatic rings. The van der Waals surface area contributed by atoms with Crippen LogP contribution in [0.3, 0.4) is 0 Å². The van der Waals surface area contributed by atoms with Crippen molar-refractivity contribution in [3.8, 4) is 0 Å². The number of hydrogen-bond donors (Lipinski definition) is 1. The van der Waals surface area contributed by atoms with Crippen LogP contribution in [-0.4, -0.2) is 17.4 Å². The molecule has 0 heterocycles. The van der Waals surface area contributed by atoms with Crippen molar-refractivity contribution >= 4 is 18.2 Å². The summed E-state index contributed by atoms with van der Waals surface area (Å²) in [5.41, 5.74) is 0.0328.